The first-order valence-electron chi connectivity index (χ1n) is 9.73. The lowest BCUT2D eigenvalue weighted by atomic mass is 10.1. The molecule has 2 aromatic carbocycles. The molecule has 2 aliphatic rings. The van der Waals surface area contributed by atoms with E-state index >= 15 is 0 Å². The first-order chi connectivity index (χ1) is 14.5. The van der Waals surface area contributed by atoms with Crippen LogP contribution in [-0.4, -0.2) is 31.8 Å². The van der Waals surface area contributed by atoms with E-state index < -0.39 is 18.7 Å². The van der Waals surface area contributed by atoms with Crippen LogP contribution in [0.4, 0.5) is 0 Å². The Morgan fingerprint density at radius 1 is 0.926 bits per heavy atom. The molecule has 2 aliphatic heterocycles. The zero-order valence-electron chi connectivity index (χ0n) is 18.1. The quantitative estimate of drug-likeness (QED) is 0.580. The van der Waals surface area contributed by atoms with Crippen molar-refractivity contribution in [2.24, 2.45) is 0 Å². The topological polar surface area (TPSA) is 80.3 Å². The Bertz CT molecular complexity index is 1010. The fraction of sp³-hybridized carbons (Fsp3) is 0.263. The van der Waals surface area contributed by atoms with E-state index in [9.17, 15) is 9.59 Å². The predicted octanol–water partition coefficient (Wildman–Crippen LogP) is 2.85. The Morgan fingerprint density at radius 3 is 1.89 bits per heavy atom. The van der Waals surface area contributed by atoms with Gasteiger partial charge in [-0.15, -0.1) is 0 Å². The van der Waals surface area contributed by atoms with Gasteiger partial charge in [-0.25, -0.2) is 0 Å². The summed E-state index contributed by atoms with van der Waals surface area (Å²) < 4.78 is 53.0. The van der Waals surface area contributed by atoms with Crippen molar-refractivity contribution < 1.29 is 38.8 Å². The summed E-state index contributed by atoms with van der Waals surface area (Å²) in [4.78, 5) is 21.7. The molecule has 0 spiro atoms. The number of halogens is 1. The number of ether oxygens (including phenoxy) is 5. The zero-order valence-corrected chi connectivity index (χ0v) is 14.9. The molecule has 7 nitrogen and oxygen atoms in total. The van der Waals surface area contributed by atoms with Crippen LogP contribution in [0.2, 0.25) is 0 Å². The Labute approximate surface area is 166 Å². The summed E-state index contributed by atoms with van der Waals surface area (Å²) in [6.07, 6.45) is 0.206. The maximum Gasteiger partial charge on any atom is 0.309 e. The van der Waals surface area contributed by atoms with Gasteiger partial charge < -0.3 is 23.7 Å². The van der Waals surface area contributed by atoms with Gasteiger partial charge in [-0.1, -0.05) is 12.1 Å². The summed E-state index contributed by atoms with van der Waals surface area (Å²) in [5.74, 6) is 0.882. The summed E-state index contributed by atoms with van der Waals surface area (Å²) in [6.45, 7) is -4.27. The van der Waals surface area contributed by atoms with E-state index in [2.05, 4.69) is 4.74 Å². The number of benzene rings is 2. The highest BCUT2D eigenvalue weighted by Gasteiger charge is 2.15. The molecule has 0 aliphatic carbocycles. The summed E-state index contributed by atoms with van der Waals surface area (Å²) in [7, 11) is 1.31. The number of esters is 1. The van der Waals surface area contributed by atoms with Gasteiger partial charge in [0.15, 0.2) is 23.0 Å². The van der Waals surface area contributed by atoms with Gasteiger partial charge >= 0.3 is 5.97 Å². The fourth-order valence-corrected chi connectivity index (χ4v) is 2.43. The van der Waals surface area contributed by atoms with Crippen LogP contribution in [0.15, 0.2) is 36.4 Å². The van der Waals surface area contributed by atoms with Crippen molar-refractivity contribution >= 4 is 22.8 Å². The molecule has 8 heteroatoms. The predicted molar refractivity (Wildman–Crippen MR) is 95.4 cm³/mol. The Hall–Kier alpha value is -2.93. The molecular weight excluding hydrogens is 376 g/mol. The molecule has 0 N–H and O–H groups in total. The molecule has 0 unspecified atom stereocenters. The minimum absolute atomic E-state index is 0.0845. The molecule has 0 atom stereocenters. The molecule has 0 saturated heterocycles. The smallest absolute Gasteiger partial charge is 0.309 e. The van der Waals surface area contributed by atoms with Gasteiger partial charge in [0.05, 0.1) is 13.5 Å². The maximum atomic E-state index is 11.0. The summed E-state index contributed by atoms with van der Waals surface area (Å²) in [5.41, 5.74) is 1.35. The van der Waals surface area contributed by atoms with Crippen molar-refractivity contribution in [3.05, 3.63) is 47.5 Å². The van der Waals surface area contributed by atoms with Crippen molar-refractivity contribution in [3.8, 4) is 23.0 Å². The van der Waals surface area contributed by atoms with Gasteiger partial charge in [-0.2, -0.15) is 0 Å². The lowest BCUT2D eigenvalue weighted by Crippen LogP contribution is -2.04. The van der Waals surface area contributed by atoms with Crippen LogP contribution in [0.3, 0.4) is 0 Å². The molecule has 0 bridgehead atoms. The Kier molecular flexibility index (Phi) is 4.53. The molecule has 142 valence electrons. The van der Waals surface area contributed by atoms with Crippen LogP contribution < -0.4 is 18.9 Å². The van der Waals surface area contributed by atoms with Crippen molar-refractivity contribution in [2.75, 3.05) is 20.6 Å². The lowest BCUT2D eigenvalue weighted by Gasteiger charge is -2.01. The first-order valence-corrected chi connectivity index (χ1v) is 8.11. The molecule has 2 heterocycles. The highest BCUT2D eigenvalue weighted by molar-refractivity contribution is 6.63. The average molecular weight is 397 g/mol. The minimum atomic E-state index is -2.13. The van der Waals surface area contributed by atoms with Gasteiger partial charge in [0.25, 0.3) is 0 Å². The molecule has 0 radical (unpaired) electrons. The van der Waals surface area contributed by atoms with Gasteiger partial charge in [-0.3, -0.25) is 9.59 Å². The third-order valence-electron chi connectivity index (χ3n) is 3.54. The second-order valence-corrected chi connectivity index (χ2v) is 5.84. The van der Waals surface area contributed by atoms with Crippen molar-refractivity contribution in [2.45, 2.75) is 12.8 Å². The van der Waals surface area contributed by atoms with Crippen molar-refractivity contribution in [1.82, 2.24) is 0 Å². The second-order valence-electron chi connectivity index (χ2n) is 5.42. The van der Waals surface area contributed by atoms with E-state index in [0.717, 1.165) is 0 Å². The standard InChI is InChI=1S/C10H10O4.C9H7ClO3/c1-12-10(11)5-7-2-3-8-9(4-7)14-6-13-8;10-9(11)4-6-1-2-7-8(3-6)13-5-12-7/h2-4H,5-6H2,1H3;1-3H,4-5H2/i6D2;5D2. The first kappa shape index (κ1) is 14.2. The van der Waals surface area contributed by atoms with E-state index in [1.54, 1.807) is 36.4 Å². The van der Waals surface area contributed by atoms with E-state index in [1.807, 2.05) is 0 Å². The van der Waals surface area contributed by atoms with Crippen LogP contribution in [-0.2, 0) is 27.2 Å². The zero-order chi connectivity index (χ0) is 22.8. The molecule has 0 aromatic heterocycles. The molecule has 2 aromatic rings. The number of fused-ring (bicyclic) bond motifs is 2. The molecular formula is C19H17ClO7. The number of carbonyl (C=O) groups is 2. The second kappa shape index (κ2) is 8.64. The highest BCUT2D eigenvalue weighted by atomic mass is 35.5. The fourth-order valence-electron chi connectivity index (χ4n) is 2.27. The number of rotatable bonds is 4. The van der Waals surface area contributed by atoms with Crippen LogP contribution in [0, 0.1) is 0 Å². The van der Waals surface area contributed by atoms with Gasteiger partial charge in [-0.05, 0) is 47.0 Å². The van der Waals surface area contributed by atoms with Crippen molar-refractivity contribution in [1.29, 1.82) is 0 Å². The monoisotopic (exact) mass is 396 g/mol. The largest absolute Gasteiger partial charge is 0.469 e. The molecule has 0 saturated carbocycles. The molecule has 0 amide bonds. The van der Waals surface area contributed by atoms with Crippen LogP contribution >= 0.6 is 11.6 Å². The lowest BCUT2D eigenvalue weighted by molar-refractivity contribution is -0.139. The van der Waals surface area contributed by atoms with Crippen LogP contribution in [0.25, 0.3) is 0 Å². The number of hydrogen-bond acceptors (Lipinski definition) is 7. The van der Waals surface area contributed by atoms with Gasteiger partial charge in [0.1, 0.15) is 5.48 Å². The maximum absolute atomic E-state index is 11.0. The Morgan fingerprint density at radius 2 is 1.41 bits per heavy atom. The normalized spacial score (nSPS) is 18.7. The number of hydrogen-bond donors (Lipinski definition) is 0. The molecule has 0 fully saturated rings. The SMILES string of the molecule is [2H]C1([2H])Oc2ccc(CC(=O)Cl)cc2O1.[2H]C1([2H])Oc2ccc(CC(=O)OC)cc2O1. The number of methoxy groups -OCH3 is 1. The van der Waals surface area contributed by atoms with Crippen molar-refractivity contribution in [3.63, 3.8) is 0 Å². The third kappa shape index (κ3) is 5.04. The van der Waals surface area contributed by atoms with E-state index in [-0.39, 0.29) is 24.6 Å². The molecule has 27 heavy (non-hydrogen) atoms. The average Bonchev–Trinajstić information content (AvgIpc) is 3.13. The third-order valence-corrected chi connectivity index (χ3v) is 3.68. The van der Waals surface area contributed by atoms with Gasteiger partial charge in [0, 0.05) is 6.42 Å². The van der Waals surface area contributed by atoms with E-state index in [1.165, 1.54) is 7.11 Å². The van der Waals surface area contributed by atoms with Crippen LogP contribution in [0.5, 0.6) is 23.0 Å². The summed E-state index contributed by atoms with van der Waals surface area (Å²) >= 11 is 5.23. The highest BCUT2D eigenvalue weighted by Crippen LogP contribution is 2.33. The van der Waals surface area contributed by atoms with Gasteiger partial charge in [0.2, 0.25) is 18.7 Å². The number of carbonyl (C=O) groups excluding carboxylic acids is 2. The minimum Gasteiger partial charge on any atom is -0.469 e. The Balaban J connectivity index is 0.000000176. The molecule has 4 rings (SSSR count). The van der Waals surface area contributed by atoms with Crippen LogP contribution in [0.1, 0.15) is 16.6 Å². The summed E-state index contributed by atoms with van der Waals surface area (Å²) in [6, 6.07) is 9.54. The van der Waals surface area contributed by atoms with E-state index in [4.69, 9.17) is 36.0 Å². The summed E-state index contributed by atoms with van der Waals surface area (Å²) in [5, 5.41) is -0.475. The van der Waals surface area contributed by atoms with E-state index in [0.29, 0.717) is 28.4 Å².